The van der Waals surface area contributed by atoms with Crippen molar-refractivity contribution in [3.05, 3.63) is 35.4 Å². The molecule has 6 nitrogen and oxygen atoms in total. The number of ether oxygens (including phenoxy) is 2. The Hall–Kier alpha value is -2.18. The van der Waals surface area contributed by atoms with E-state index in [2.05, 4.69) is 5.32 Å². The number of benzene rings is 1. The maximum absolute atomic E-state index is 12.0. The van der Waals surface area contributed by atoms with Crippen LogP contribution < -0.4 is 5.32 Å². The molecule has 0 radical (unpaired) electrons. The molecule has 6 heteroatoms. The molecule has 1 amide bonds. The molecular formula is C15H17NO5. The number of rotatable bonds is 4. The monoisotopic (exact) mass is 291 g/mol. The number of aliphatic carboxylic acids is 1. The lowest BCUT2D eigenvalue weighted by Crippen LogP contribution is -2.39. The summed E-state index contributed by atoms with van der Waals surface area (Å²) in [5.74, 6) is -1.29. The Bertz CT molecular complexity index is 561. The smallest absolute Gasteiger partial charge is 0.328 e. The zero-order valence-electron chi connectivity index (χ0n) is 11.7. The summed E-state index contributed by atoms with van der Waals surface area (Å²) < 4.78 is 10.5. The molecule has 1 fully saturated rings. The third-order valence-electron chi connectivity index (χ3n) is 2.89. The van der Waals surface area contributed by atoms with E-state index in [0.717, 1.165) is 11.6 Å². The minimum absolute atomic E-state index is 0.240. The van der Waals surface area contributed by atoms with Gasteiger partial charge in [-0.1, -0.05) is 6.07 Å². The first-order chi connectivity index (χ1) is 10.0. The molecule has 1 aliphatic heterocycles. The van der Waals surface area contributed by atoms with Gasteiger partial charge in [-0.3, -0.25) is 4.79 Å². The van der Waals surface area contributed by atoms with Crippen molar-refractivity contribution in [1.29, 1.82) is 0 Å². The van der Waals surface area contributed by atoms with Crippen LogP contribution in [0.4, 0.5) is 5.69 Å². The first-order valence-corrected chi connectivity index (χ1v) is 6.57. The molecule has 1 atom stereocenters. The highest BCUT2D eigenvalue weighted by Gasteiger charge is 2.22. The SMILES string of the molecule is Cc1cc(/C=C/C(=O)O)cc(NC(=O)C2COCCO2)c1. The van der Waals surface area contributed by atoms with Gasteiger partial charge in [0.1, 0.15) is 0 Å². The standard InChI is InChI=1S/C15H17NO5/c1-10-6-11(2-3-14(17)18)8-12(7-10)16-15(19)13-9-20-4-5-21-13/h2-3,6-8,13H,4-5,9H2,1H3,(H,16,19)(H,17,18)/b3-2+. The van der Waals surface area contributed by atoms with Gasteiger partial charge in [0.15, 0.2) is 6.10 Å². The van der Waals surface area contributed by atoms with E-state index in [9.17, 15) is 9.59 Å². The van der Waals surface area contributed by atoms with Crippen molar-refractivity contribution in [3.8, 4) is 0 Å². The second kappa shape index (κ2) is 7.01. The average molecular weight is 291 g/mol. The lowest BCUT2D eigenvalue weighted by atomic mass is 10.1. The Kier molecular flexibility index (Phi) is 5.08. The van der Waals surface area contributed by atoms with Crippen molar-refractivity contribution >= 4 is 23.6 Å². The van der Waals surface area contributed by atoms with Crippen LogP contribution in [0.15, 0.2) is 24.3 Å². The van der Waals surface area contributed by atoms with Crippen LogP contribution in [0.25, 0.3) is 6.08 Å². The fourth-order valence-corrected chi connectivity index (χ4v) is 2.01. The summed E-state index contributed by atoms with van der Waals surface area (Å²) in [5, 5.41) is 11.4. The van der Waals surface area contributed by atoms with Gasteiger partial charge in [0.2, 0.25) is 0 Å². The van der Waals surface area contributed by atoms with E-state index in [0.29, 0.717) is 24.5 Å². The number of hydrogen-bond acceptors (Lipinski definition) is 4. The number of carbonyl (C=O) groups is 2. The van der Waals surface area contributed by atoms with Gasteiger partial charge in [-0.15, -0.1) is 0 Å². The Morgan fingerprint density at radius 3 is 2.81 bits per heavy atom. The molecule has 1 unspecified atom stereocenters. The third-order valence-corrected chi connectivity index (χ3v) is 2.89. The van der Waals surface area contributed by atoms with E-state index < -0.39 is 12.1 Å². The van der Waals surface area contributed by atoms with Crippen molar-refractivity contribution in [1.82, 2.24) is 0 Å². The number of carboxylic acid groups (broad SMARTS) is 1. The van der Waals surface area contributed by atoms with Crippen LogP contribution in [0.1, 0.15) is 11.1 Å². The fraction of sp³-hybridized carbons (Fsp3) is 0.333. The molecule has 1 aromatic carbocycles. The predicted octanol–water partition coefficient (Wildman–Crippen LogP) is 1.45. The summed E-state index contributed by atoms with van der Waals surface area (Å²) in [4.78, 5) is 22.6. The van der Waals surface area contributed by atoms with Crippen molar-refractivity contribution in [3.63, 3.8) is 0 Å². The van der Waals surface area contributed by atoms with E-state index in [1.807, 2.05) is 13.0 Å². The second-order valence-electron chi connectivity index (χ2n) is 4.73. The molecule has 2 N–H and O–H groups in total. The zero-order valence-corrected chi connectivity index (χ0v) is 11.7. The van der Waals surface area contributed by atoms with Crippen molar-refractivity contribution < 1.29 is 24.2 Å². The van der Waals surface area contributed by atoms with Crippen LogP contribution in [0.5, 0.6) is 0 Å². The van der Waals surface area contributed by atoms with Crippen LogP contribution in [0.2, 0.25) is 0 Å². The summed E-state index contributed by atoms with van der Waals surface area (Å²) in [6.07, 6.45) is 1.92. The Morgan fingerprint density at radius 2 is 2.14 bits per heavy atom. The highest BCUT2D eigenvalue weighted by Crippen LogP contribution is 2.17. The van der Waals surface area contributed by atoms with Crippen molar-refractivity contribution in [2.75, 3.05) is 25.1 Å². The summed E-state index contributed by atoms with van der Waals surface area (Å²) in [7, 11) is 0. The van der Waals surface area contributed by atoms with Gasteiger partial charge >= 0.3 is 5.97 Å². The van der Waals surface area contributed by atoms with Crippen LogP contribution in [0.3, 0.4) is 0 Å². The molecule has 21 heavy (non-hydrogen) atoms. The molecule has 0 aromatic heterocycles. The molecule has 0 bridgehead atoms. The molecule has 112 valence electrons. The average Bonchev–Trinajstić information content (AvgIpc) is 2.45. The quantitative estimate of drug-likeness (QED) is 0.820. The van der Waals surface area contributed by atoms with E-state index >= 15 is 0 Å². The van der Waals surface area contributed by atoms with Crippen LogP contribution in [-0.4, -0.2) is 42.9 Å². The largest absolute Gasteiger partial charge is 0.478 e. The van der Waals surface area contributed by atoms with E-state index in [1.165, 1.54) is 6.08 Å². The maximum Gasteiger partial charge on any atom is 0.328 e. The minimum atomic E-state index is -1.02. The predicted molar refractivity (Wildman–Crippen MR) is 77.0 cm³/mol. The molecule has 1 aliphatic rings. The zero-order chi connectivity index (χ0) is 15.2. The highest BCUT2D eigenvalue weighted by molar-refractivity contribution is 5.95. The fourth-order valence-electron chi connectivity index (χ4n) is 2.01. The maximum atomic E-state index is 12.0. The van der Waals surface area contributed by atoms with Gasteiger partial charge in [0.05, 0.1) is 19.8 Å². The molecule has 0 saturated carbocycles. The first-order valence-electron chi connectivity index (χ1n) is 6.57. The Morgan fingerprint density at radius 1 is 1.33 bits per heavy atom. The molecule has 0 spiro atoms. The number of carbonyl (C=O) groups excluding carboxylic acids is 1. The summed E-state index contributed by atoms with van der Waals surface area (Å²) in [5.41, 5.74) is 2.21. The lowest BCUT2D eigenvalue weighted by molar-refractivity contribution is -0.142. The van der Waals surface area contributed by atoms with E-state index in [-0.39, 0.29) is 12.5 Å². The number of anilines is 1. The lowest BCUT2D eigenvalue weighted by Gasteiger charge is -2.22. The van der Waals surface area contributed by atoms with Gasteiger partial charge in [-0.05, 0) is 36.3 Å². The van der Waals surface area contributed by atoms with Gasteiger partial charge in [0.25, 0.3) is 5.91 Å². The molecule has 2 rings (SSSR count). The van der Waals surface area contributed by atoms with Gasteiger partial charge in [0, 0.05) is 11.8 Å². The topological polar surface area (TPSA) is 84.9 Å². The normalized spacial score (nSPS) is 18.6. The van der Waals surface area contributed by atoms with E-state index in [4.69, 9.17) is 14.6 Å². The summed E-state index contributed by atoms with van der Waals surface area (Å²) in [6.45, 7) is 3.01. The molecule has 1 aromatic rings. The van der Waals surface area contributed by atoms with Crippen LogP contribution in [0, 0.1) is 6.92 Å². The first kappa shape index (κ1) is 15.2. The number of nitrogens with one attached hydrogen (secondary N) is 1. The second-order valence-corrected chi connectivity index (χ2v) is 4.73. The Labute approximate surface area is 122 Å². The van der Waals surface area contributed by atoms with Gasteiger partial charge < -0.3 is 19.9 Å². The number of hydrogen-bond donors (Lipinski definition) is 2. The van der Waals surface area contributed by atoms with Crippen LogP contribution in [-0.2, 0) is 19.1 Å². The van der Waals surface area contributed by atoms with Crippen molar-refractivity contribution in [2.45, 2.75) is 13.0 Å². The number of carboxylic acids is 1. The summed E-state index contributed by atoms with van der Waals surface area (Å²) in [6, 6.07) is 5.34. The minimum Gasteiger partial charge on any atom is -0.478 e. The van der Waals surface area contributed by atoms with Crippen LogP contribution >= 0.6 is 0 Å². The molecular weight excluding hydrogens is 274 g/mol. The number of aryl methyl sites for hydroxylation is 1. The third kappa shape index (κ3) is 4.70. The molecule has 1 saturated heterocycles. The Balaban J connectivity index is 2.08. The van der Waals surface area contributed by atoms with Gasteiger partial charge in [-0.25, -0.2) is 4.79 Å². The summed E-state index contributed by atoms with van der Waals surface area (Å²) >= 11 is 0. The van der Waals surface area contributed by atoms with E-state index in [1.54, 1.807) is 12.1 Å². The van der Waals surface area contributed by atoms with Gasteiger partial charge in [-0.2, -0.15) is 0 Å². The number of amides is 1. The molecule has 0 aliphatic carbocycles. The van der Waals surface area contributed by atoms with Crippen molar-refractivity contribution in [2.24, 2.45) is 0 Å². The highest BCUT2D eigenvalue weighted by atomic mass is 16.6. The molecule has 1 heterocycles.